The van der Waals surface area contributed by atoms with E-state index in [1.54, 1.807) is 12.0 Å². The molecule has 0 radical (unpaired) electrons. The maximum atomic E-state index is 12.9. The first-order chi connectivity index (χ1) is 15.5. The quantitative estimate of drug-likeness (QED) is 0.429. The monoisotopic (exact) mass is 453 g/mol. The van der Waals surface area contributed by atoms with Crippen molar-refractivity contribution >= 4 is 29.0 Å². The number of rotatable bonds is 5. The highest BCUT2D eigenvalue weighted by molar-refractivity contribution is 6.34. The van der Waals surface area contributed by atoms with Crippen LogP contribution < -0.4 is 9.64 Å². The summed E-state index contributed by atoms with van der Waals surface area (Å²) in [5.41, 5.74) is 1.87. The number of piperazine rings is 1. The number of amides is 1. The highest BCUT2D eigenvalue weighted by Gasteiger charge is 2.25. The molecule has 0 unspecified atom stereocenters. The molecule has 0 saturated carbocycles. The lowest BCUT2D eigenvalue weighted by Crippen LogP contribution is -2.49. The van der Waals surface area contributed by atoms with Crippen molar-refractivity contribution in [2.75, 3.05) is 38.2 Å². The zero-order valence-electron chi connectivity index (χ0n) is 17.3. The van der Waals surface area contributed by atoms with Crippen LogP contribution in [0.3, 0.4) is 0 Å². The molecule has 1 aromatic heterocycles. The third-order valence-corrected chi connectivity index (χ3v) is 5.64. The van der Waals surface area contributed by atoms with Crippen molar-refractivity contribution < 1.29 is 14.5 Å². The van der Waals surface area contributed by atoms with Gasteiger partial charge in [0, 0.05) is 49.9 Å². The fourth-order valence-electron chi connectivity index (χ4n) is 3.54. The minimum atomic E-state index is -0.541. The number of methoxy groups -OCH3 is 1. The molecule has 164 valence electrons. The highest BCUT2D eigenvalue weighted by Crippen LogP contribution is 2.26. The van der Waals surface area contributed by atoms with Gasteiger partial charge in [0.15, 0.2) is 0 Å². The molecule has 1 aliphatic heterocycles. The molecule has 0 spiro atoms. The summed E-state index contributed by atoms with van der Waals surface area (Å²) in [4.78, 5) is 35.7. The van der Waals surface area contributed by atoms with Gasteiger partial charge in [0.25, 0.3) is 11.6 Å². The molecule has 0 N–H and O–H groups in total. The number of hydrogen-bond acceptors (Lipinski definition) is 7. The van der Waals surface area contributed by atoms with E-state index >= 15 is 0 Å². The molecule has 1 aliphatic rings. The van der Waals surface area contributed by atoms with Crippen molar-refractivity contribution in [1.29, 1.82) is 0 Å². The van der Waals surface area contributed by atoms with E-state index in [1.807, 2.05) is 30.3 Å². The summed E-state index contributed by atoms with van der Waals surface area (Å²) in [5.74, 6) is 1.31. The lowest BCUT2D eigenvalue weighted by atomic mass is 10.1. The summed E-state index contributed by atoms with van der Waals surface area (Å²) in [6, 6.07) is 13.5. The van der Waals surface area contributed by atoms with Crippen molar-refractivity contribution in [2.24, 2.45) is 0 Å². The average Bonchev–Trinajstić information content (AvgIpc) is 2.84. The van der Waals surface area contributed by atoms with E-state index in [2.05, 4.69) is 14.9 Å². The number of non-ortho nitro benzene ring substituents is 1. The van der Waals surface area contributed by atoms with Gasteiger partial charge in [0.2, 0.25) is 0 Å². The normalized spacial score (nSPS) is 13.7. The first-order valence-electron chi connectivity index (χ1n) is 9.91. The van der Waals surface area contributed by atoms with Gasteiger partial charge in [0.05, 0.1) is 28.3 Å². The number of benzene rings is 2. The van der Waals surface area contributed by atoms with Crippen LogP contribution in [0.15, 0.2) is 54.9 Å². The molecular formula is C22H20ClN5O4. The van der Waals surface area contributed by atoms with Gasteiger partial charge < -0.3 is 14.5 Å². The van der Waals surface area contributed by atoms with E-state index < -0.39 is 4.92 Å². The van der Waals surface area contributed by atoms with Crippen LogP contribution in [0.25, 0.3) is 11.3 Å². The number of nitro benzene ring substituents is 1. The Morgan fingerprint density at radius 3 is 2.41 bits per heavy atom. The van der Waals surface area contributed by atoms with Crippen LogP contribution in [0.5, 0.6) is 5.75 Å². The number of ether oxygens (including phenoxy) is 1. The smallest absolute Gasteiger partial charge is 0.270 e. The summed E-state index contributed by atoms with van der Waals surface area (Å²) in [5, 5.41) is 11.0. The Morgan fingerprint density at radius 2 is 1.78 bits per heavy atom. The third kappa shape index (κ3) is 4.47. The standard InChI is InChI=1S/C22H20ClN5O4/c1-32-17-5-2-15(3-6-17)20-13-21(25-14-24-20)26-8-10-27(11-9-26)22(29)18-7-4-16(28(30)31)12-19(18)23/h2-7,12-14H,8-11H2,1H3. The molecule has 10 heteroatoms. The molecule has 1 amide bonds. The first kappa shape index (κ1) is 21.5. The molecule has 4 rings (SSSR count). The molecule has 1 saturated heterocycles. The van der Waals surface area contributed by atoms with Gasteiger partial charge in [-0.1, -0.05) is 11.6 Å². The van der Waals surface area contributed by atoms with Crippen LogP contribution in [0.1, 0.15) is 10.4 Å². The SMILES string of the molecule is COc1ccc(-c2cc(N3CCN(C(=O)c4ccc([N+](=O)[O-])cc4Cl)CC3)ncn2)cc1. The number of hydrogen-bond donors (Lipinski definition) is 0. The third-order valence-electron chi connectivity index (χ3n) is 5.32. The largest absolute Gasteiger partial charge is 0.497 e. The van der Waals surface area contributed by atoms with Crippen molar-refractivity contribution in [3.63, 3.8) is 0 Å². The van der Waals surface area contributed by atoms with E-state index in [0.29, 0.717) is 26.2 Å². The fraction of sp³-hybridized carbons (Fsp3) is 0.227. The van der Waals surface area contributed by atoms with E-state index in [4.69, 9.17) is 16.3 Å². The number of nitrogens with zero attached hydrogens (tertiary/aromatic N) is 5. The second-order valence-electron chi connectivity index (χ2n) is 7.19. The fourth-order valence-corrected chi connectivity index (χ4v) is 3.80. The Bertz CT molecular complexity index is 1150. The topological polar surface area (TPSA) is 102 Å². The van der Waals surface area contributed by atoms with Crippen LogP contribution in [0, 0.1) is 10.1 Å². The molecule has 0 atom stereocenters. The molecule has 2 heterocycles. The molecule has 0 bridgehead atoms. The van der Waals surface area contributed by atoms with Crippen LogP contribution in [-0.2, 0) is 0 Å². The zero-order valence-corrected chi connectivity index (χ0v) is 18.0. The van der Waals surface area contributed by atoms with E-state index in [-0.39, 0.29) is 22.2 Å². The second kappa shape index (κ2) is 9.19. The highest BCUT2D eigenvalue weighted by atomic mass is 35.5. The lowest BCUT2D eigenvalue weighted by Gasteiger charge is -2.35. The molecular weight excluding hydrogens is 434 g/mol. The predicted molar refractivity (Wildman–Crippen MR) is 120 cm³/mol. The lowest BCUT2D eigenvalue weighted by molar-refractivity contribution is -0.384. The average molecular weight is 454 g/mol. The first-order valence-corrected chi connectivity index (χ1v) is 10.3. The molecule has 9 nitrogen and oxygen atoms in total. The summed E-state index contributed by atoms with van der Waals surface area (Å²) in [6.45, 7) is 2.15. The van der Waals surface area contributed by atoms with Gasteiger partial charge in [0.1, 0.15) is 17.9 Å². The van der Waals surface area contributed by atoms with Gasteiger partial charge >= 0.3 is 0 Å². The van der Waals surface area contributed by atoms with Crippen molar-refractivity contribution in [1.82, 2.24) is 14.9 Å². The van der Waals surface area contributed by atoms with Gasteiger partial charge in [-0.15, -0.1) is 0 Å². The minimum absolute atomic E-state index is 0.0755. The van der Waals surface area contributed by atoms with Crippen molar-refractivity contribution in [3.05, 3.63) is 75.6 Å². The van der Waals surface area contributed by atoms with Crippen LogP contribution in [0.2, 0.25) is 5.02 Å². The number of carbonyl (C=O) groups is 1. The Labute approximate surface area is 189 Å². The predicted octanol–water partition coefficient (Wildman–Crippen LogP) is 3.68. The van der Waals surface area contributed by atoms with Gasteiger partial charge in [-0.05, 0) is 30.3 Å². The summed E-state index contributed by atoms with van der Waals surface area (Å²) < 4.78 is 5.20. The van der Waals surface area contributed by atoms with Crippen molar-refractivity contribution in [3.8, 4) is 17.0 Å². The zero-order chi connectivity index (χ0) is 22.7. The second-order valence-corrected chi connectivity index (χ2v) is 7.60. The van der Waals surface area contributed by atoms with Gasteiger partial charge in [-0.2, -0.15) is 0 Å². The molecule has 1 fully saturated rings. The Morgan fingerprint density at radius 1 is 1.06 bits per heavy atom. The Balaban J connectivity index is 1.43. The van der Waals surface area contributed by atoms with Crippen LogP contribution >= 0.6 is 11.6 Å². The molecule has 0 aliphatic carbocycles. The summed E-state index contributed by atoms with van der Waals surface area (Å²) in [6.07, 6.45) is 1.53. The maximum Gasteiger partial charge on any atom is 0.270 e. The molecule has 32 heavy (non-hydrogen) atoms. The number of aromatic nitrogens is 2. The number of anilines is 1. The van der Waals surface area contributed by atoms with Crippen LogP contribution in [-0.4, -0.2) is 59.0 Å². The number of carbonyl (C=O) groups excluding carboxylic acids is 1. The van der Waals surface area contributed by atoms with Gasteiger partial charge in [-0.25, -0.2) is 9.97 Å². The summed E-state index contributed by atoms with van der Waals surface area (Å²) >= 11 is 6.12. The molecule has 2 aromatic carbocycles. The Hall–Kier alpha value is -3.72. The minimum Gasteiger partial charge on any atom is -0.497 e. The summed E-state index contributed by atoms with van der Waals surface area (Å²) in [7, 11) is 1.62. The number of halogens is 1. The van der Waals surface area contributed by atoms with E-state index in [0.717, 1.165) is 22.8 Å². The Kier molecular flexibility index (Phi) is 6.18. The van der Waals surface area contributed by atoms with E-state index in [9.17, 15) is 14.9 Å². The van der Waals surface area contributed by atoms with Crippen LogP contribution in [0.4, 0.5) is 11.5 Å². The molecule has 3 aromatic rings. The number of nitro groups is 1. The van der Waals surface area contributed by atoms with E-state index in [1.165, 1.54) is 24.5 Å². The maximum absolute atomic E-state index is 12.9. The van der Waals surface area contributed by atoms with Gasteiger partial charge in [-0.3, -0.25) is 14.9 Å². The van der Waals surface area contributed by atoms with Crippen molar-refractivity contribution in [2.45, 2.75) is 0 Å².